The summed E-state index contributed by atoms with van der Waals surface area (Å²) in [5, 5.41) is 0. The van der Waals surface area contributed by atoms with Gasteiger partial charge < -0.3 is 14.2 Å². The molecule has 1 saturated carbocycles. The number of ether oxygens (including phenoxy) is 3. The van der Waals surface area contributed by atoms with Gasteiger partial charge in [0.15, 0.2) is 11.7 Å². The predicted molar refractivity (Wildman–Crippen MR) is 120 cm³/mol. The second-order valence-electron chi connectivity index (χ2n) is 8.78. The predicted octanol–water partition coefficient (Wildman–Crippen LogP) is 7.66. The SMILES string of the molecule is CCCCCC1CCC(OCC(C)OCC(C)/C(CC)=C(F)/C(F)=C(\C)OC)CC1. The average molecular weight is 431 g/mol. The molecule has 3 nitrogen and oxygen atoms in total. The lowest BCUT2D eigenvalue weighted by molar-refractivity contribution is -0.0549. The standard InChI is InChI=1S/C25H44F2O3/c1-7-9-10-11-21-12-14-22(15-13-21)30-17-19(4)29-16-18(3)23(8-2)25(27)24(26)20(5)28-6/h18-19,21-22H,7-17H2,1-6H3/b24-20-,25-23-. The van der Waals surface area contributed by atoms with E-state index in [0.717, 1.165) is 18.8 Å². The first kappa shape index (κ1) is 27.1. The van der Waals surface area contributed by atoms with Gasteiger partial charge in [0.1, 0.15) is 5.76 Å². The van der Waals surface area contributed by atoms with Crippen molar-refractivity contribution in [3.8, 4) is 0 Å². The first-order valence-electron chi connectivity index (χ1n) is 11.9. The zero-order chi connectivity index (χ0) is 22.5. The van der Waals surface area contributed by atoms with E-state index >= 15 is 0 Å². The maximum atomic E-state index is 14.5. The van der Waals surface area contributed by atoms with Crippen molar-refractivity contribution >= 4 is 0 Å². The minimum absolute atomic E-state index is 0.0478. The van der Waals surface area contributed by atoms with Gasteiger partial charge in [-0.3, -0.25) is 0 Å². The fourth-order valence-corrected chi connectivity index (χ4v) is 4.10. The highest BCUT2D eigenvalue weighted by atomic mass is 19.2. The summed E-state index contributed by atoms with van der Waals surface area (Å²) in [5.74, 6) is -1.15. The zero-order valence-electron chi connectivity index (χ0n) is 20.1. The molecule has 0 spiro atoms. The van der Waals surface area contributed by atoms with E-state index in [1.807, 2.05) is 20.8 Å². The van der Waals surface area contributed by atoms with Gasteiger partial charge in [-0.1, -0.05) is 46.5 Å². The molecule has 1 aliphatic carbocycles. The average Bonchev–Trinajstić information content (AvgIpc) is 2.76. The van der Waals surface area contributed by atoms with E-state index in [1.54, 1.807) is 0 Å². The van der Waals surface area contributed by atoms with Crippen LogP contribution in [0.4, 0.5) is 8.78 Å². The number of allylic oxidation sites excluding steroid dienone is 3. The molecule has 0 aromatic rings. The number of rotatable bonds is 14. The van der Waals surface area contributed by atoms with Gasteiger partial charge in [0.05, 0.1) is 32.5 Å². The summed E-state index contributed by atoms with van der Waals surface area (Å²) in [6, 6.07) is 0. The lowest BCUT2D eigenvalue weighted by Crippen LogP contribution is -2.27. The first-order chi connectivity index (χ1) is 14.3. The number of hydrogen-bond donors (Lipinski definition) is 0. The van der Waals surface area contributed by atoms with Gasteiger partial charge in [-0.25, -0.2) is 8.78 Å². The van der Waals surface area contributed by atoms with Crippen molar-refractivity contribution in [2.24, 2.45) is 11.8 Å². The van der Waals surface area contributed by atoms with Crippen LogP contribution in [0.2, 0.25) is 0 Å². The quantitative estimate of drug-likeness (QED) is 0.161. The molecule has 0 amide bonds. The van der Waals surface area contributed by atoms with Gasteiger partial charge in [-0.05, 0) is 57.4 Å². The van der Waals surface area contributed by atoms with Crippen LogP contribution in [-0.4, -0.2) is 32.5 Å². The van der Waals surface area contributed by atoms with E-state index in [0.29, 0.717) is 31.3 Å². The van der Waals surface area contributed by atoms with E-state index < -0.39 is 11.7 Å². The normalized spacial score (nSPS) is 23.5. The lowest BCUT2D eigenvalue weighted by Gasteiger charge is -2.29. The smallest absolute Gasteiger partial charge is 0.195 e. The van der Waals surface area contributed by atoms with Crippen molar-refractivity contribution in [2.45, 2.75) is 105 Å². The topological polar surface area (TPSA) is 27.7 Å². The van der Waals surface area contributed by atoms with Crippen LogP contribution < -0.4 is 0 Å². The molecular weight excluding hydrogens is 386 g/mol. The second kappa shape index (κ2) is 15.0. The minimum Gasteiger partial charge on any atom is -0.498 e. The van der Waals surface area contributed by atoms with Crippen LogP contribution in [-0.2, 0) is 14.2 Å². The minimum atomic E-state index is -0.928. The zero-order valence-corrected chi connectivity index (χ0v) is 20.1. The fourth-order valence-electron chi connectivity index (χ4n) is 4.10. The van der Waals surface area contributed by atoms with Crippen molar-refractivity contribution < 1.29 is 23.0 Å². The molecule has 1 rings (SSSR count). The largest absolute Gasteiger partial charge is 0.498 e. The van der Waals surface area contributed by atoms with Crippen LogP contribution in [0, 0.1) is 11.8 Å². The third-order valence-corrected chi connectivity index (χ3v) is 6.27. The Balaban J connectivity index is 2.38. The molecule has 1 aliphatic rings. The Morgan fingerprint density at radius 2 is 1.63 bits per heavy atom. The number of methoxy groups -OCH3 is 1. The summed E-state index contributed by atoms with van der Waals surface area (Å²) in [7, 11) is 1.33. The van der Waals surface area contributed by atoms with Crippen molar-refractivity contribution in [3.05, 3.63) is 23.0 Å². The molecule has 5 heteroatoms. The Labute approximate surface area is 183 Å². The number of halogens is 2. The summed E-state index contributed by atoms with van der Waals surface area (Å²) in [4.78, 5) is 0. The van der Waals surface area contributed by atoms with Crippen LogP contribution >= 0.6 is 0 Å². The molecule has 0 heterocycles. The molecule has 176 valence electrons. The first-order valence-corrected chi connectivity index (χ1v) is 11.9. The lowest BCUT2D eigenvalue weighted by atomic mass is 9.84. The Kier molecular flexibility index (Phi) is 13.5. The molecule has 0 saturated heterocycles. The van der Waals surface area contributed by atoms with Gasteiger partial charge in [-0.15, -0.1) is 0 Å². The molecule has 30 heavy (non-hydrogen) atoms. The highest BCUT2D eigenvalue weighted by Crippen LogP contribution is 2.31. The highest BCUT2D eigenvalue weighted by Gasteiger charge is 2.23. The molecule has 2 atom stereocenters. The maximum Gasteiger partial charge on any atom is 0.195 e. The van der Waals surface area contributed by atoms with E-state index in [4.69, 9.17) is 14.2 Å². The third kappa shape index (κ3) is 9.47. The molecule has 0 N–H and O–H groups in total. The second-order valence-corrected chi connectivity index (χ2v) is 8.78. The molecule has 2 unspecified atom stereocenters. The summed E-state index contributed by atoms with van der Waals surface area (Å²) in [6.45, 7) is 10.2. The van der Waals surface area contributed by atoms with E-state index in [2.05, 4.69) is 6.92 Å². The molecular formula is C25H44F2O3. The van der Waals surface area contributed by atoms with Crippen molar-refractivity contribution in [2.75, 3.05) is 20.3 Å². The Hall–Kier alpha value is -0.940. The van der Waals surface area contributed by atoms with Crippen LogP contribution in [0.5, 0.6) is 0 Å². The molecule has 0 bridgehead atoms. The van der Waals surface area contributed by atoms with Crippen molar-refractivity contribution in [1.82, 2.24) is 0 Å². The van der Waals surface area contributed by atoms with Crippen LogP contribution in [0.15, 0.2) is 23.0 Å². The third-order valence-electron chi connectivity index (χ3n) is 6.27. The van der Waals surface area contributed by atoms with E-state index in [-0.39, 0.29) is 17.8 Å². The van der Waals surface area contributed by atoms with Crippen LogP contribution in [0.1, 0.15) is 92.4 Å². The summed E-state index contributed by atoms with van der Waals surface area (Å²) < 4.78 is 45.3. The van der Waals surface area contributed by atoms with Gasteiger partial charge >= 0.3 is 0 Å². The maximum absolute atomic E-state index is 14.5. The molecule has 0 aromatic carbocycles. The van der Waals surface area contributed by atoms with Crippen LogP contribution in [0.25, 0.3) is 0 Å². The van der Waals surface area contributed by atoms with Gasteiger partial charge in [0.25, 0.3) is 0 Å². The molecule has 1 fully saturated rings. The highest BCUT2D eigenvalue weighted by molar-refractivity contribution is 5.28. The van der Waals surface area contributed by atoms with Gasteiger partial charge in [0.2, 0.25) is 0 Å². The van der Waals surface area contributed by atoms with Gasteiger partial charge in [0, 0.05) is 5.92 Å². The Morgan fingerprint density at radius 1 is 0.967 bits per heavy atom. The Morgan fingerprint density at radius 3 is 2.20 bits per heavy atom. The van der Waals surface area contributed by atoms with E-state index in [1.165, 1.54) is 52.6 Å². The monoisotopic (exact) mass is 430 g/mol. The molecule has 0 aromatic heterocycles. The van der Waals surface area contributed by atoms with Crippen LogP contribution in [0.3, 0.4) is 0 Å². The van der Waals surface area contributed by atoms with E-state index in [9.17, 15) is 8.78 Å². The summed E-state index contributed by atoms with van der Waals surface area (Å²) in [5.41, 5.74) is 0.415. The van der Waals surface area contributed by atoms with Crippen molar-refractivity contribution in [1.29, 1.82) is 0 Å². The summed E-state index contributed by atoms with van der Waals surface area (Å²) in [6.07, 6.45) is 10.8. The van der Waals surface area contributed by atoms with Crippen molar-refractivity contribution in [3.63, 3.8) is 0 Å². The number of unbranched alkanes of at least 4 members (excludes halogenated alkanes) is 2. The summed E-state index contributed by atoms with van der Waals surface area (Å²) >= 11 is 0. The fraction of sp³-hybridized carbons (Fsp3) is 0.840. The molecule has 0 radical (unpaired) electrons. The molecule has 0 aliphatic heterocycles. The number of hydrogen-bond acceptors (Lipinski definition) is 3. The van der Waals surface area contributed by atoms with Gasteiger partial charge in [-0.2, -0.15) is 0 Å². The Bertz CT molecular complexity index is 537.